The molecule has 5 heteroatoms. The van der Waals surface area contributed by atoms with E-state index in [4.69, 9.17) is 4.42 Å². The molecule has 1 aliphatic rings. The zero-order valence-electron chi connectivity index (χ0n) is 14.0. The van der Waals surface area contributed by atoms with Crippen LogP contribution in [0.4, 0.5) is 0 Å². The van der Waals surface area contributed by atoms with Crippen LogP contribution >= 0.6 is 0 Å². The highest BCUT2D eigenvalue weighted by Gasteiger charge is 2.21. The zero-order valence-corrected chi connectivity index (χ0v) is 14.0. The number of hydrogen-bond donors (Lipinski definition) is 1. The molecule has 0 spiro atoms. The lowest BCUT2D eigenvalue weighted by Gasteiger charge is -2.32. The Morgan fingerprint density at radius 3 is 2.76 bits per heavy atom. The zero-order chi connectivity index (χ0) is 17.1. The molecule has 25 heavy (non-hydrogen) atoms. The number of hydrogen-bond acceptors (Lipinski definition) is 4. The van der Waals surface area contributed by atoms with E-state index in [0.717, 1.165) is 32.5 Å². The Morgan fingerprint density at radius 2 is 1.96 bits per heavy atom. The van der Waals surface area contributed by atoms with Crippen molar-refractivity contribution in [1.29, 1.82) is 0 Å². The van der Waals surface area contributed by atoms with Gasteiger partial charge in [0.1, 0.15) is 5.52 Å². The number of oxazole rings is 1. The van der Waals surface area contributed by atoms with Crippen LogP contribution < -0.4 is 5.32 Å². The molecule has 1 N–H and O–H groups in total. The van der Waals surface area contributed by atoms with Gasteiger partial charge >= 0.3 is 0 Å². The summed E-state index contributed by atoms with van der Waals surface area (Å²) in [6.07, 6.45) is 3.35. The van der Waals surface area contributed by atoms with Crippen molar-refractivity contribution < 1.29 is 9.21 Å². The average molecular weight is 335 g/mol. The molecule has 1 aliphatic heterocycles. The molecule has 0 unspecified atom stereocenters. The molecule has 2 heterocycles. The van der Waals surface area contributed by atoms with Crippen molar-refractivity contribution in [2.45, 2.75) is 25.4 Å². The first-order chi connectivity index (χ1) is 12.3. The van der Waals surface area contributed by atoms with Crippen molar-refractivity contribution >= 4 is 17.0 Å². The summed E-state index contributed by atoms with van der Waals surface area (Å²) >= 11 is 0. The van der Waals surface area contributed by atoms with E-state index >= 15 is 0 Å². The lowest BCUT2D eigenvalue weighted by atomic mass is 10.0. The van der Waals surface area contributed by atoms with Crippen molar-refractivity contribution in [1.82, 2.24) is 15.2 Å². The van der Waals surface area contributed by atoms with Crippen LogP contribution in [0.1, 0.15) is 28.8 Å². The summed E-state index contributed by atoms with van der Waals surface area (Å²) in [6.45, 7) is 2.98. The van der Waals surface area contributed by atoms with Gasteiger partial charge in [-0.05, 0) is 36.6 Å². The molecule has 2 aromatic carbocycles. The number of nitrogens with one attached hydrogen (secondary N) is 1. The Bertz CT molecular complexity index is 852. The number of nitrogens with zero attached hydrogens (tertiary/aromatic N) is 2. The summed E-state index contributed by atoms with van der Waals surface area (Å²) < 4.78 is 5.21. The first-order valence-electron chi connectivity index (χ1n) is 8.68. The number of benzene rings is 2. The topological polar surface area (TPSA) is 58.4 Å². The van der Waals surface area contributed by atoms with Crippen LogP contribution in [-0.2, 0) is 6.54 Å². The van der Waals surface area contributed by atoms with Gasteiger partial charge in [0.15, 0.2) is 12.0 Å². The summed E-state index contributed by atoms with van der Waals surface area (Å²) in [5.41, 5.74) is 3.38. The van der Waals surface area contributed by atoms with Crippen LogP contribution in [0.5, 0.6) is 0 Å². The summed E-state index contributed by atoms with van der Waals surface area (Å²) in [5, 5.41) is 3.15. The van der Waals surface area contributed by atoms with Gasteiger partial charge in [-0.2, -0.15) is 0 Å². The Balaban J connectivity index is 1.31. The van der Waals surface area contributed by atoms with E-state index in [9.17, 15) is 4.79 Å². The lowest BCUT2D eigenvalue weighted by molar-refractivity contribution is 0.0909. The van der Waals surface area contributed by atoms with Gasteiger partial charge in [-0.3, -0.25) is 9.69 Å². The van der Waals surface area contributed by atoms with Gasteiger partial charge in [-0.25, -0.2) is 4.98 Å². The number of likely N-dealkylation sites (tertiary alicyclic amines) is 1. The molecule has 1 aromatic heterocycles. The molecule has 0 saturated carbocycles. The van der Waals surface area contributed by atoms with E-state index in [1.807, 2.05) is 6.07 Å². The molecule has 1 saturated heterocycles. The molecule has 0 radical (unpaired) electrons. The van der Waals surface area contributed by atoms with Gasteiger partial charge in [0.05, 0.1) is 0 Å². The monoisotopic (exact) mass is 335 g/mol. The van der Waals surface area contributed by atoms with Crippen LogP contribution in [0.2, 0.25) is 0 Å². The van der Waals surface area contributed by atoms with Crippen molar-refractivity contribution in [2.75, 3.05) is 13.1 Å². The number of rotatable bonds is 4. The van der Waals surface area contributed by atoms with Crippen molar-refractivity contribution in [2.24, 2.45) is 0 Å². The minimum atomic E-state index is -0.0357. The number of amides is 1. The van der Waals surface area contributed by atoms with Crippen LogP contribution in [0, 0.1) is 0 Å². The molecule has 0 atom stereocenters. The third-order valence-electron chi connectivity index (χ3n) is 4.76. The number of fused-ring (bicyclic) bond motifs is 1. The normalized spacial score (nSPS) is 16.2. The average Bonchev–Trinajstić information content (AvgIpc) is 3.12. The maximum Gasteiger partial charge on any atom is 0.251 e. The fraction of sp³-hybridized carbons (Fsp3) is 0.300. The predicted octanol–water partition coefficient (Wildman–Crippen LogP) is 3.22. The molecule has 4 rings (SSSR count). The summed E-state index contributed by atoms with van der Waals surface area (Å²) in [5.74, 6) is -0.0357. The minimum absolute atomic E-state index is 0.0357. The van der Waals surface area contributed by atoms with Crippen molar-refractivity contribution in [3.8, 4) is 0 Å². The van der Waals surface area contributed by atoms with Crippen molar-refractivity contribution in [3.05, 3.63) is 66.1 Å². The molecule has 128 valence electrons. The number of piperidine rings is 1. The second-order valence-corrected chi connectivity index (χ2v) is 6.54. The van der Waals surface area contributed by atoms with Crippen LogP contribution in [0.3, 0.4) is 0 Å². The second-order valence-electron chi connectivity index (χ2n) is 6.54. The molecule has 0 aliphatic carbocycles. The Morgan fingerprint density at radius 1 is 1.16 bits per heavy atom. The molecule has 3 aromatic rings. The molecule has 0 bridgehead atoms. The number of carbonyl (C=O) groups excluding carboxylic acids is 1. The largest absolute Gasteiger partial charge is 0.443 e. The van der Waals surface area contributed by atoms with E-state index in [-0.39, 0.29) is 11.9 Å². The minimum Gasteiger partial charge on any atom is -0.443 e. The van der Waals surface area contributed by atoms with Gasteiger partial charge in [0, 0.05) is 31.2 Å². The standard InChI is InChI=1S/C20H21N3O2/c24-20(16-6-7-19-18(12-16)21-14-25-19)22-17-8-10-23(11-9-17)13-15-4-2-1-3-5-15/h1-7,12,14,17H,8-11,13H2,(H,22,24). The predicted molar refractivity (Wildman–Crippen MR) is 96.2 cm³/mol. The van der Waals surface area contributed by atoms with E-state index in [2.05, 4.69) is 39.5 Å². The van der Waals surface area contributed by atoms with E-state index < -0.39 is 0 Å². The van der Waals surface area contributed by atoms with Gasteiger partial charge in [-0.1, -0.05) is 30.3 Å². The highest BCUT2D eigenvalue weighted by molar-refractivity contribution is 5.97. The Kier molecular flexibility index (Phi) is 4.48. The lowest BCUT2D eigenvalue weighted by Crippen LogP contribution is -2.44. The maximum absolute atomic E-state index is 12.5. The van der Waals surface area contributed by atoms with Crippen molar-refractivity contribution in [3.63, 3.8) is 0 Å². The molecule has 1 fully saturated rings. The third-order valence-corrected chi connectivity index (χ3v) is 4.76. The van der Waals surface area contributed by atoms with Gasteiger partial charge in [-0.15, -0.1) is 0 Å². The summed E-state index contributed by atoms with van der Waals surface area (Å²) in [7, 11) is 0. The molecular formula is C20H21N3O2. The molecule has 5 nitrogen and oxygen atoms in total. The van der Waals surface area contributed by atoms with Crippen LogP contribution in [0.25, 0.3) is 11.1 Å². The first kappa shape index (κ1) is 15.8. The van der Waals surface area contributed by atoms with Gasteiger partial charge in [0.25, 0.3) is 5.91 Å². The van der Waals surface area contributed by atoms with E-state index in [1.54, 1.807) is 18.2 Å². The Labute approximate surface area is 146 Å². The quantitative estimate of drug-likeness (QED) is 0.795. The highest BCUT2D eigenvalue weighted by atomic mass is 16.3. The second kappa shape index (κ2) is 7.07. The van der Waals surface area contributed by atoms with Crippen LogP contribution in [0.15, 0.2) is 59.3 Å². The Hall–Kier alpha value is -2.66. The van der Waals surface area contributed by atoms with E-state index in [0.29, 0.717) is 16.7 Å². The summed E-state index contributed by atoms with van der Waals surface area (Å²) in [6, 6.07) is 16.1. The third kappa shape index (κ3) is 3.72. The number of carbonyl (C=O) groups is 1. The maximum atomic E-state index is 12.5. The van der Waals surface area contributed by atoms with Gasteiger partial charge < -0.3 is 9.73 Å². The SMILES string of the molecule is O=C(NC1CCN(Cc2ccccc2)CC1)c1ccc2ocnc2c1. The fourth-order valence-electron chi connectivity index (χ4n) is 3.34. The smallest absolute Gasteiger partial charge is 0.251 e. The highest BCUT2D eigenvalue weighted by Crippen LogP contribution is 2.17. The van der Waals surface area contributed by atoms with Crippen LogP contribution in [-0.4, -0.2) is 34.9 Å². The fourth-order valence-corrected chi connectivity index (χ4v) is 3.34. The summed E-state index contributed by atoms with van der Waals surface area (Å²) in [4.78, 5) is 19.0. The molecule has 1 amide bonds. The van der Waals surface area contributed by atoms with E-state index in [1.165, 1.54) is 12.0 Å². The van der Waals surface area contributed by atoms with Gasteiger partial charge in [0.2, 0.25) is 0 Å². The number of aromatic nitrogens is 1. The first-order valence-corrected chi connectivity index (χ1v) is 8.68. The molecular weight excluding hydrogens is 314 g/mol.